The van der Waals surface area contributed by atoms with Crippen LogP contribution in [-0.2, 0) is 4.74 Å². The second-order valence-electron chi connectivity index (χ2n) is 5.12. The van der Waals surface area contributed by atoms with E-state index in [-0.39, 0.29) is 0 Å². The number of hydrogen-bond donors (Lipinski definition) is 1. The summed E-state index contributed by atoms with van der Waals surface area (Å²) in [6, 6.07) is 0. The molecule has 0 bridgehead atoms. The minimum atomic E-state index is 0.385. The van der Waals surface area contributed by atoms with Crippen LogP contribution in [0.1, 0.15) is 65.2 Å². The molecule has 1 atom stereocenters. The Labute approximate surface area is 105 Å². The maximum absolute atomic E-state index is 8.68. The highest BCUT2D eigenvalue weighted by molar-refractivity contribution is 5.84. The van der Waals surface area contributed by atoms with Crippen LogP contribution >= 0.6 is 0 Å². The highest BCUT2D eigenvalue weighted by Gasteiger charge is 2.19. The first-order valence-electron chi connectivity index (χ1n) is 7.11. The molecule has 0 amide bonds. The van der Waals surface area contributed by atoms with E-state index in [1.807, 2.05) is 0 Å². The Hall–Kier alpha value is -0.570. The van der Waals surface area contributed by atoms with Crippen molar-refractivity contribution in [2.75, 3.05) is 6.61 Å². The number of oxime groups is 1. The molecule has 1 saturated carbocycles. The van der Waals surface area contributed by atoms with Crippen LogP contribution in [-0.4, -0.2) is 23.6 Å². The number of unbranched alkanes of at least 4 members (excludes halogenated alkanes) is 1. The molecule has 0 aromatic carbocycles. The summed E-state index contributed by atoms with van der Waals surface area (Å²) in [6.07, 6.45) is 9.31. The van der Waals surface area contributed by atoms with Gasteiger partial charge in [-0.2, -0.15) is 0 Å². The summed E-state index contributed by atoms with van der Waals surface area (Å²) in [7, 11) is 0. The molecular weight excluding hydrogens is 214 g/mol. The number of rotatable bonds is 7. The molecule has 0 radical (unpaired) electrons. The molecule has 1 rings (SSSR count). The molecule has 0 spiro atoms. The summed E-state index contributed by atoms with van der Waals surface area (Å²) < 4.78 is 5.99. The maximum atomic E-state index is 8.68. The molecule has 1 unspecified atom stereocenters. The van der Waals surface area contributed by atoms with Crippen LogP contribution in [0.2, 0.25) is 0 Å². The number of hydrogen-bond acceptors (Lipinski definition) is 3. The standard InChI is InChI=1S/C14H27NO2/c1-3-5-6-12(4-2)11-17-14-9-7-13(15-16)8-10-14/h12,14,16H,3-11H2,1-2H3. The second kappa shape index (κ2) is 8.51. The van der Waals surface area contributed by atoms with Gasteiger partial charge in [-0.15, -0.1) is 0 Å². The van der Waals surface area contributed by atoms with Gasteiger partial charge in [0, 0.05) is 6.61 Å². The van der Waals surface area contributed by atoms with Crippen LogP contribution in [0, 0.1) is 5.92 Å². The van der Waals surface area contributed by atoms with Crippen LogP contribution in [0.3, 0.4) is 0 Å². The third-order valence-corrected chi connectivity index (χ3v) is 3.76. The summed E-state index contributed by atoms with van der Waals surface area (Å²) in [5.41, 5.74) is 0.933. The summed E-state index contributed by atoms with van der Waals surface area (Å²) >= 11 is 0. The van der Waals surface area contributed by atoms with Gasteiger partial charge in [0.05, 0.1) is 11.8 Å². The molecule has 1 aliphatic carbocycles. The Morgan fingerprint density at radius 1 is 1.35 bits per heavy atom. The fourth-order valence-corrected chi connectivity index (χ4v) is 2.36. The highest BCUT2D eigenvalue weighted by atomic mass is 16.5. The maximum Gasteiger partial charge on any atom is 0.0582 e. The third kappa shape index (κ3) is 5.53. The molecular formula is C14H27NO2. The van der Waals surface area contributed by atoms with Gasteiger partial charge in [-0.25, -0.2) is 0 Å². The van der Waals surface area contributed by atoms with Crippen molar-refractivity contribution >= 4 is 5.71 Å². The van der Waals surface area contributed by atoms with Gasteiger partial charge in [0.2, 0.25) is 0 Å². The van der Waals surface area contributed by atoms with E-state index in [4.69, 9.17) is 9.94 Å². The average Bonchev–Trinajstić information content (AvgIpc) is 2.39. The van der Waals surface area contributed by atoms with Crippen molar-refractivity contribution in [3.63, 3.8) is 0 Å². The molecule has 100 valence electrons. The first-order chi connectivity index (χ1) is 8.30. The quantitative estimate of drug-likeness (QED) is 0.541. The van der Waals surface area contributed by atoms with Crippen molar-refractivity contribution < 1.29 is 9.94 Å². The van der Waals surface area contributed by atoms with Gasteiger partial charge in [-0.1, -0.05) is 38.3 Å². The van der Waals surface area contributed by atoms with Crippen molar-refractivity contribution in [2.24, 2.45) is 11.1 Å². The summed E-state index contributed by atoms with van der Waals surface area (Å²) in [6.45, 7) is 5.40. The Morgan fingerprint density at radius 2 is 2.06 bits per heavy atom. The smallest absolute Gasteiger partial charge is 0.0582 e. The number of nitrogens with zero attached hydrogens (tertiary/aromatic N) is 1. The van der Waals surface area contributed by atoms with E-state index in [2.05, 4.69) is 19.0 Å². The minimum Gasteiger partial charge on any atom is -0.411 e. The lowest BCUT2D eigenvalue weighted by atomic mass is 9.95. The molecule has 1 aliphatic rings. The third-order valence-electron chi connectivity index (χ3n) is 3.76. The van der Waals surface area contributed by atoms with Crippen molar-refractivity contribution in [3.8, 4) is 0 Å². The SMILES string of the molecule is CCCCC(CC)COC1CCC(=NO)CC1. The van der Waals surface area contributed by atoms with Gasteiger partial charge in [-0.3, -0.25) is 0 Å². The molecule has 3 heteroatoms. The lowest BCUT2D eigenvalue weighted by Gasteiger charge is -2.25. The molecule has 0 saturated heterocycles. The number of ether oxygens (including phenoxy) is 1. The summed E-state index contributed by atoms with van der Waals surface area (Å²) in [5, 5.41) is 12.0. The molecule has 3 nitrogen and oxygen atoms in total. The topological polar surface area (TPSA) is 41.8 Å². The first kappa shape index (κ1) is 14.5. The lowest BCUT2D eigenvalue weighted by molar-refractivity contribution is 0.0147. The van der Waals surface area contributed by atoms with E-state index in [1.165, 1.54) is 25.7 Å². The van der Waals surface area contributed by atoms with Crippen molar-refractivity contribution in [2.45, 2.75) is 71.3 Å². The zero-order valence-electron chi connectivity index (χ0n) is 11.3. The van der Waals surface area contributed by atoms with Crippen molar-refractivity contribution in [1.82, 2.24) is 0 Å². The fourth-order valence-electron chi connectivity index (χ4n) is 2.36. The van der Waals surface area contributed by atoms with Crippen LogP contribution < -0.4 is 0 Å². The molecule has 0 aromatic rings. The van der Waals surface area contributed by atoms with Crippen molar-refractivity contribution in [3.05, 3.63) is 0 Å². The summed E-state index contributed by atoms with van der Waals surface area (Å²) in [5.74, 6) is 0.725. The van der Waals surface area contributed by atoms with E-state index < -0.39 is 0 Å². The van der Waals surface area contributed by atoms with Gasteiger partial charge >= 0.3 is 0 Å². The van der Waals surface area contributed by atoms with Crippen LogP contribution in [0.4, 0.5) is 0 Å². The van der Waals surface area contributed by atoms with Gasteiger partial charge < -0.3 is 9.94 Å². The normalized spacial score (nSPS) is 22.5. The first-order valence-corrected chi connectivity index (χ1v) is 7.11. The van der Waals surface area contributed by atoms with E-state index in [0.717, 1.165) is 43.9 Å². The van der Waals surface area contributed by atoms with E-state index in [9.17, 15) is 0 Å². The molecule has 0 aliphatic heterocycles. The van der Waals surface area contributed by atoms with E-state index in [0.29, 0.717) is 6.10 Å². The van der Waals surface area contributed by atoms with Crippen LogP contribution in [0.25, 0.3) is 0 Å². The molecule has 1 N–H and O–H groups in total. The van der Waals surface area contributed by atoms with Gasteiger partial charge in [0.25, 0.3) is 0 Å². The lowest BCUT2D eigenvalue weighted by Crippen LogP contribution is -2.24. The minimum absolute atomic E-state index is 0.385. The van der Waals surface area contributed by atoms with Gasteiger partial charge in [0.1, 0.15) is 0 Å². The monoisotopic (exact) mass is 241 g/mol. The van der Waals surface area contributed by atoms with E-state index in [1.54, 1.807) is 0 Å². The van der Waals surface area contributed by atoms with Gasteiger partial charge in [-0.05, 0) is 38.0 Å². The van der Waals surface area contributed by atoms with Crippen molar-refractivity contribution in [1.29, 1.82) is 0 Å². The molecule has 0 heterocycles. The molecule has 17 heavy (non-hydrogen) atoms. The summed E-state index contributed by atoms with van der Waals surface area (Å²) in [4.78, 5) is 0. The zero-order chi connectivity index (χ0) is 12.5. The fraction of sp³-hybridized carbons (Fsp3) is 0.929. The Balaban J connectivity index is 2.17. The Bertz CT molecular complexity index is 218. The highest BCUT2D eigenvalue weighted by Crippen LogP contribution is 2.21. The average molecular weight is 241 g/mol. The molecule has 1 fully saturated rings. The Kier molecular flexibility index (Phi) is 7.25. The molecule has 0 aromatic heterocycles. The predicted octanol–water partition coefficient (Wildman–Crippen LogP) is 3.99. The van der Waals surface area contributed by atoms with Crippen LogP contribution in [0.15, 0.2) is 5.16 Å². The second-order valence-corrected chi connectivity index (χ2v) is 5.12. The Morgan fingerprint density at radius 3 is 2.59 bits per heavy atom. The van der Waals surface area contributed by atoms with E-state index >= 15 is 0 Å². The largest absolute Gasteiger partial charge is 0.411 e. The predicted molar refractivity (Wildman–Crippen MR) is 70.7 cm³/mol. The van der Waals surface area contributed by atoms with Gasteiger partial charge in [0.15, 0.2) is 0 Å². The van der Waals surface area contributed by atoms with Crippen LogP contribution in [0.5, 0.6) is 0 Å². The zero-order valence-corrected chi connectivity index (χ0v) is 11.3.